The second-order valence-electron chi connectivity index (χ2n) is 4.85. The number of halogens is 4. The lowest BCUT2D eigenvalue weighted by Crippen LogP contribution is -2.29. The van der Waals surface area contributed by atoms with Crippen molar-refractivity contribution in [3.63, 3.8) is 0 Å². The van der Waals surface area contributed by atoms with Crippen molar-refractivity contribution in [1.29, 1.82) is 0 Å². The average molecular weight is 277 g/mol. The van der Waals surface area contributed by atoms with E-state index in [0.29, 0.717) is 6.42 Å². The van der Waals surface area contributed by atoms with Crippen LogP contribution in [0.2, 0.25) is 0 Å². The zero-order valence-electron chi connectivity index (χ0n) is 11.1. The molecule has 0 aliphatic heterocycles. The molecule has 0 aromatic heterocycles. The molecular weight excluding hydrogens is 258 g/mol. The van der Waals surface area contributed by atoms with Gasteiger partial charge in [0.05, 0.1) is 0 Å². The van der Waals surface area contributed by atoms with Crippen molar-refractivity contribution in [1.82, 2.24) is 5.32 Å². The first-order chi connectivity index (χ1) is 8.78. The van der Waals surface area contributed by atoms with Crippen LogP contribution in [0.25, 0.3) is 0 Å². The highest BCUT2D eigenvalue weighted by molar-refractivity contribution is 5.19. The Labute approximate surface area is 111 Å². The van der Waals surface area contributed by atoms with Gasteiger partial charge in [0.2, 0.25) is 0 Å². The Balaban J connectivity index is 2.35. The summed E-state index contributed by atoms with van der Waals surface area (Å²) >= 11 is 0. The fourth-order valence-electron chi connectivity index (χ4n) is 1.97. The molecule has 1 N–H and O–H groups in total. The lowest BCUT2D eigenvalue weighted by Gasteiger charge is -2.20. The second kappa shape index (κ2) is 6.89. The van der Waals surface area contributed by atoms with Crippen molar-refractivity contribution in [3.05, 3.63) is 35.6 Å². The van der Waals surface area contributed by atoms with Gasteiger partial charge in [0.25, 0.3) is 0 Å². The van der Waals surface area contributed by atoms with E-state index >= 15 is 0 Å². The smallest absolute Gasteiger partial charge is 0.308 e. The minimum atomic E-state index is -4.08. The summed E-state index contributed by atoms with van der Waals surface area (Å²) in [4.78, 5) is 0. The molecule has 0 saturated carbocycles. The normalized spacial score (nSPS) is 15.3. The Morgan fingerprint density at radius 2 is 1.68 bits per heavy atom. The van der Waals surface area contributed by atoms with Gasteiger partial charge in [-0.3, -0.25) is 0 Å². The van der Waals surface area contributed by atoms with Crippen LogP contribution in [-0.4, -0.2) is 12.2 Å². The SMILES string of the molecule is CC(CCCC(F)(F)F)NC(C)c1ccc(F)cc1. The zero-order chi connectivity index (χ0) is 14.5. The molecule has 1 aromatic carbocycles. The largest absolute Gasteiger partial charge is 0.389 e. The van der Waals surface area contributed by atoms with Gasteiger partial charge in [0, 0.05) is 18.5 Å². The fraction of sp³-hybridized carbons (Fsp3) is 0.571. The molecule has 0 spiro atoms. The predicted octanol–water partition coefficient (Wildman–Crippen LogP) is 4.60. The summed E-state index contributed by atoms with van der Waals surface area (Å²) in [6.07, 6.45) is -4.24. The van der Waals surface area contributed by atoms with Crippen LogP contribution in [-0.2, 0) is 0 Å². The van der Waals surface area contributed by atoms with E-state index in [2.05, 4.69) is 5.32 Å². The maximum Gasteiger partial charge on any atom is 0.389 e. The summed E-state index contributed by atoms with van der Waals surface area (Å²) in [7, 11) is 0. The number of alkyl halides is 3. The standard InChI is InChI=1S/C14H19F4N/c1-10(4-3-9-14(16,17)18)19-11(2)12-5-7-13(15)8-6-12/h5-8,10-11,19H,3-4,9H2,1-2H3. The third-order valence-corrected chi connectivity index (χ3v) is 3.00. The van der Waals surface area contributed by atoms with E-state index in [0.717, 1.165) is 5.56 Å². The van der Waals surface area contributed by atoms with Gasteiger partial charge in [-0.2, -0.15) is 13.2 Å². The minimum Gasteiger partial charge on any atom is -0.308 e. The summed E-state index contributed by atoms with van der Waals surface area (Å²) < 4.78 is 48.8. The van der Waals surface area contributed by atoms with Gasteiger partial charge in [-0.1, -0.05) is 12.1 Å². The van der Waals surface area contributed by atoms with Gasteiger partial charge < -0.3 is 5.32 Å². The van der Waals surface area contributed by atoms with Crippen molar-refractivity contribution in [2.45, 2.75) is 51.4 Å². The Morgan fingerprint density at radius 3 is 2.21 bits per heavy atom. The van der Waals surface area contributed by atoms with Gasteiger partial charge in [0.15, 0.2) is 0 Å². The summed E-state index contributed by atoms with van der Waals surface area (Å²) in [5.41, 5.74) is 0.920. The molecule has 2 atom stereocenters. The summed E-state index contributed by atoms with van der Waals surface area (Å²) in [6.45, 7) is 3.77. The predicted molar refractivity (Wildman–Crippen MR) is 67.3 cm³/mol. The van der Waals surface area contributed by atoms with Crippen LogP contribution in [0.4, 0.5) is 17.6 Å². The van der Waals surface area contributed by atoms with E-state index in [1.54, 1.807) is 12.1 Å². The molecular formula is C14H19F4N. The molecule has 0 amide bonds. The quantitative estimate of drug-likeness (QED) is 0.749. The Bertz CT molecular complexity index is 372. The number of nitrogens with one attached hydrogen (secondary N) is 1. The Morgan fingerprint density at radius 1 is 1.11 bits per heavy atom. The van der Waals surface area contributed by atoms with Crippen LogP contribution in [0.3, 0.4) is 0 Å². The van der Waals surface area contributed by atoms with Crippen LogP contribution in [0.5, 0.6) is 0 Å². The highest BCUT2D eigenvalue weighted by atomic mass is 19.4. The molecule has 0 saturated heterocycles. The van der Waals surface area contributed by atoms with E-state index in [4.69, 9.17) is 0 Å². The van der Waals surface area contributed by atoms with Crippen LogP contribution < -0.4 is 5.32 Å². The van der Waals surface area contributed by atoms with Crippen molar-refractivity contribution >= 4 is 0 Å². The van der Waals surface area contributed by atoms with Crippen molar-refractivity contribution in [3.8, 4) is 0 Å². The van der Waals surface area contributed by atoms with Crippen molar-refractivity contribution in [2.75, 3.05) is 0 Å². The molecule has 108 valence electrons. The number of hydrogen-bond acceptors (Lipinski definition) is 1. The maximum absolute atomic E-state index is 12.8. The van der Waals surface area contributed by atoms with Crippen molar-refractivity contribution in [2.24, 2.45) is 0 Å². The molecule has 0 radical (unpaired) electrons. The molecule has 0 fully saturated rings. The summed E-state index contributed by atoms with van der Waals surface area (Å²) in [6, 6.07) is 6.08. The first-order valence-corrected chi connectivity index (χ1v) is 6.36. The number of benzene rings is 1. The van der Waals surface area contributed by atoms with E-state index in [1.807, 2.05) is 13.8 Å². The third kappa shape index (κ3) is 6.57. The van der Waals surface area contributed by atoms with Gasteiger partial charge in [-0.05, 0) is 44.4 Å². The molecule has 2 unspecified atom stereocenters. The van der Waals surface area contributed by atoms with Gasteiger partial charge in [-0.25, -0.2) is 4.39 Å². The van der Waals surface area contributed by atoms with E-state index in [1.165, 1.54) is 12.1 Å². The molecule has 1 nitrogen and oxygen atoms in total. The van der Waals surface area contributed by atoms with E-state index < -0.39 is 12.6 Å². The molecule has 5 heteroatoms. The number of hydrogen-bond donors (Lipinski definition) is 1. The molecule has 19 heavy (non-hydrogen) atoms. The first kappa shape index (κ1) is 16.0. The highest BCUT2D eigenvalue weighted by Crippen LogP contribution is 2.23. The topological polar surface area (TPSA) is 12.0 Å². The van der Waals surface area contributed by atoms with Crippen LogP contribution in [0.1, 0.15) is 44.7 Å². The van der Waals surface area contributed by atoms with Crippen LogP contribution >= 0.6 is 0 Å². The van der Waals surface area contributed by atoms with E-state index in [9.17, 15) is 17.6 Å². The molecule has 0 aliphatic carbocycles. The van der Waals surface area contributed by atoms with E-state index in [-0.39, 0.29) is 24.3 Å². The average Bonchev–Trinajstić information content (AvgIpc) is 2.27. The summed E-state index contributed by atoms with van der Waals surface area (Å²) in [5.74, 6) is -0.297. The Hall–Kier alpha value is -1.10. The minimum absolute atomic E-state index is 0.0117. The lowest BCUT2D eigenvalue weighted by atomic mass is 10.1. The maximum atomic E-state index is 12.8. The third-order valence-electron chi connectivity index (χ3n) is 3.00. The van der Waals surface area contributed by atoms with Gasteiger partial charge >= 0.3 is 6.18 Å². The lowest BCUT2D eigenvalue weighted by molar-refractivity contribution is -0.135. The van der Waals surface area contributed by atoms with Crippen LogP contribution in [0, 0.1) is 5.82 Å². The first-order valence-electron chi connectivity index (χ1n) is 6.36. The monoisotopic (exact) mass is 277 g/mol. The molecule has 0 heterocycles. The van der Waals surface area contributed by atoms with Gasteiger partial charge in [0.1, 0.15) is 5.82 Å². The molecule has 0 aliphatic rings. The molecule has 0 bridgehead atoms. The second-order valence-corrected chi connectivity index (χ2v) is 4.85. The number of rotatable bonds is 6. The molecule has 1 aromatic rings. The van der Waals surface area contributed by atoms with Gasteiger partial charge in [-0.15, -0.1) is 0 Å². The Kier molecular flexibility index (Phi) is 5.79. The van der Waals surface area contributed by atoms with Crippen molar-refractivity contribution < 1.29 is 17.6 Å². The zero-order valence-corrected chi connectivity index (χ0v) is 11.1. The van der Waals surface area contributed by atoms with Crippen LogP contribution in [0.15, 0.2) is 24.3 Å². The molecule has 1 rings (SSSR count). The summed E-state index contributed by atoms with van der Waals surface area (Å²) in [5, 5.41) is 3.21. The fourth-order valence-corrected chi connectivity index (χ4v) is 1.97. The highest BCUT2D eigenvalue weighted by Gasteiger charge is 2.26.